The molecule has 0 aliphatic rings. The van der Waals surface area contributed by atoms with Gasteiger partial charge < -0.3 is 30.4 Å². The Morgan fingerprint density at radius 1 is 0.638 bits per heavy atom. The molecule has 4 aromatic carbocycles. The van der Waals surface area contributed by atoms with E-state index < -0.39 is 35.9 Å². The number of benzene rings is 4. The average molecular weight is 637 g/mol. The van der Waals surface area contributed by atoms with E-state index in [0.717, 1.165) is 23.0 Å². The zero-order chi connectivity index (χ0) is 33.5. The number of nitrogens with zero attached hydrogens (tertiary/aromatic N) is 1. The summed E-state index contributed by atoms with van der Waals surface area (Å²) in [5.41, 5.74) is 3.95. The van der Waals surface area contributed by atoms with Gasteiger partial charge in [0.2, 0.25) is 0 Å². The maximum absolute atomic E-state index is 12.9. The summed E-state index contributed by atoms with van der Waals surface area (Å²) in [5, 5.41) is 27.8. The fraction of sp³-hybridized carbons (Fsp3) is 0.243. The molecule has 4 aromatic rings. The van der Waals surface area contributed by atoms with Crippen LogP contribution in [0.3, 0.4) is 0 Å². The van der Waals surface area contributed by atoms with Gasteiger partial charge in [0.1, 0.15) is 18.2 Å². The SMILES string of the molecule is O=CC(Cc1ccccc1)NC[C@H](Cc1ccccc1)C(Cc1ccccc1)(NC(=O)O)N(NC(=O)O)[C@H](C=O)Cc1ccccc1. The summed E-state index contributed by atoms with van der Waals surface area (Å²) in [7, 11) is 0. The van der Waals surface area contributed by atoms with Gasteiger partial charge in [0.25, 0.3) is 0 Å². The topological polar surface area (TPSA) is 148 Å². The molecule has 4 atom stereocenters. The van der Waals surface area contributed by atoms with E-state index in [9.17, 15) is 29.4 Å². The number of rotatable bonds is 18. The van der Waals surface area contributed by atoms with Crippen molar-refractivity contribution in [3.05, 3.63) is 144 Å². The van der Waals surface area contributed by atoms with Gasteiger partial charge >= 0.3 is 12.2 Å². The lowest BCUT2D eigenvalue weighted by Gasteiger charge is -2.50. The summed E-state index contributed by atoms with van der Waals surface area (Å²) in [6.45, 7) is 0.0902. The molecule has 47 heavy (non-hydrogen) atoms. The highest BCUT2D eigenvalue weighted by atomic mass is 16.4. The van der Waals surface area contributed by atoms with Crippen molar-refractivity contribution in [1.82, 2.24) is 21.1 Å². The zero-order valence-corrected chi connectivity index (χ0v) is 25.9. The van der Waals surface area contributed by atoms with Crippen LogP contribution in [0.5, 0.6) is 0 Å². The second kappa shape index (κ2) is 17.4. The molecule has 0 bridgehead atoms. The van der Waals surface area contributed by atoms with Gasteiger partial charge in [0.15, 0.2) is 0 Å². The molecular formula is C37H40N4O6. The number of carbonyl (C=O) groups is 4. The predicted molar refractivity (Wildman–Crippen MR) is 179 cm³/mol. The van der Waals surface area contributed by atoms with Crippen molar-refractivity contribution in [3.8, 4) is 0 Å². The van der Waals surface area contributed by atoms with Crippen LogP contribution in [0, 0.1) is 5.92 Å². The van der Waals surface area contributed by atoms with Crippen LogP contribution in [0.2, 0.25) is 0 Å². The molecule has 0 aromatic heterocycles. The van der Waals surface area contributed by atoms with Gasteiger partial charge in [-0.05, 0) is 41.5 Å². The molecule has 0 aliphatic heterocycles. The summed E-state index contributed by atoms with van der Waals surface area (Å²) < 4.78 is 0. The highest BCUT2D eigenvalue weighted by molar-refractivity contribution is 5.68. The van der Waals surface area contributed by atoms with Crippen LogP contribution in [-0.2, 0) is 35.3 Å². The molecule has 4 rings (SSSR count). The van der Waals surface area contributed by atoms with E-state index >= 15 is 0 Å². The smallest absolute Gasteiger partial charge is 0.419 e. The Balaban J connectivity index is 1.87. The molecule has 0 radical (unpaired) electrons. The molecule has 244 valence electrons. The molecule has 2 amide bonds. The predicted octanol–water partition coefficient (Wildman–Crippen LogP) is 4.75. The van der Waals surface area contributed by atoms with Crippen molar-refractivity contribution in [2.45, 2.75) is 43.4 Å². The van der Waals surface area contributed by atoms with E-state index in [2.05, 4.69) is 16.1 Å². The van der Waals surface area contributed by atoms with E-state index in [1.54, 1.807) is 0 Å². The van der Waals surface area contributed by atoms with Crippen molar-refractivity contribution in [1.29, 1.82) is 0 Å². The Hall–Kier alpha value is -5.32. The van der Waals surface area contributed by atoms with Crippen molar-refractivity contribution in [3.63, 3.8) is 0 Å². The third-order valence-corrected chi connectivity index (χ3v) is 8.15. The third kappa shape index (κ3) is 10.1. The normalized spacial score (nSPS) is 14.2. The van der Waals surface area contributed by atoms with Crippen molar-refractivity contribution >= 4 is 24.8 Å². The standard InChI is InChI=1S/C37H40N4O6/c42-26-33(22-29-15-7-2-8-16-29)38-25-32(21-28-13-5-1-6-14-28)37(39-35(44)45,24-31-19-11-4-12-20-31)41(40-36(46)47)34(27-43)23-30-17-9-3-10-18-30/h1-20,26-27,32-34,38-40H,21-25H2,(H,44,45)(H,46,47)/t32-,33?,34-,37?/m0/s1. The maximum Gasteiger partial charge on any atom is 0.419 e. The first-order valence-electron chi connectivity index (χ1n) is 15.4. The molecule has 0 aliphatic carbocycles. The van der Waals surface area contributed by atoms with E-state index in [-0.39, 0.29) is 25.8 Å². The molecule has 10 heteroatoms. The van der Waals surface area contributed by atoms with Crippen LogP contribution in [0.1, 0.15) is 22.3 Å². The lowest BCUT2D eigenvalue weighted by atomic mass is 9.80. The lowest BCUT2D eigenvalue weighted by molar-refractivity contribution is -0.122. The number of nitrogens with one attached hydrogen (secondary N) is 3. The van der Waals surface area contributed by atoms with Crippen molar-refractivity contribution in [2.24, 2.45) is 5.92 Å². The van der Waals surface area contributed by atoms with Gasteiger partial charge in [0, 0.05) is 18.9 Å². The number of hydrazine groups is 1. The molecule has 0 saturated heterocycles. The van der Waals surface area contributed by atoms with Crippen LogP contribution in [0.15, 0.2) is 121 Å². The molecule has 0 spiro atoms. The van der Waals surface area contributed by atoms with Crippen LogP contribution < -0.4 is 16.1 Å². The van der Waals surface area contributed by atoms with Gasteiger partial charge in [-0.25, -0.2) is 9.59 Å². The minimum Gasteiger partial charge on any atom is -0.465 e. The average Bonchev–Trinajstić information content (AvgIpc) is 3.08. The summed E-state index contributed by atoms with van der Waals surface area (Å²) in [4.78, 5) is 50.5. The van der Waals surface area contributed by atoms with Crippen LogP contribution in [0.4, 0.5) is 9.59 Å². The molecular weight excluding hydrogens is 596 g/mol. The molecule has 0 heterocycles. The largest absolute Gasteiger partial charge is 0.465 e. The van der Waals surface area contributed by atoms with Crippen LogP contribution in [0.25, 0.3) is 0 Å². The van der Waals surface area contributed by atoms with Gasteiger partial charge in [-0.3, -0.25) is 5.43 Å². The first-order valence-corrected chi connectivity index (χ1v) is 15.4. The van der Waals surface area contributed by atoms with Crippen molar-refractivity contribution < 1.29 is 29.4 Å². The summed E-state index contributed by atoms with van der Waals surface area (Å²) in [6.07, 6.45) is -0.681. The number of amides is 2. The Kier molecular flexibility index (Phi) is 12.8. The highest BCUT2D eigenvalue weighted by Crippen LogP contribution is 2.32. The van der Waals surface area contributed by atoms with Crippen LogP contribution in [-0.4, -0.2) is 64.3 Å². The monoisotopic (exact) mass is 636 g/mol. The second-order valence-electron chi connectivity index (χ2n) is 11.4. The molecule has 0 fully saturated rings. The Morgan fingerprint density at radius 2 is 1.11 bits per heavy atom. The molecule has 0 saturated carbocycles. The molecule has 10 nitrogen and oxygen atoms in total. The van der Waals surface area contributed by atoms with E-state index in [4.69, 9.17) is 0 Å². The lowest BCUT2D eigenvalue weighted by Crippen LogP contribution is -2.74. The highest BCUT2D eigenvalue weighted by Gasteiger charge is 2.49. The van der Waals surface area contributed by atoms with E-state index in [1.165, 1.54) is 5.01 Å². The quantitative estimate of drug-likeness (QED) is 0.0598. The van der Waals surface area contributed by atoms with Crippen molar-refractivity contribution in [2.75, 3.05) is 6.54 Å². The number of carboxylic acid groups (broad SMARTS) is 2. The molecule has 2 unspecified atom stereocenters. The number of hydrogen-bond acceptors (Lipinski definition) is 6. The zero-order valence-electron chi connectivity index (χ0n) is 25.9. The summed E-state index contributed by atoms with van der Waals surface area (Å²) in [6, 6.07) is 35.3. The fourth-order valence-electron chi connectivity index (χ4n) is 6.00. The van der Waals surface area contributed by atoms with Gasteiger partial charge in [-0.1, -0.05) is 121 Å². The Bertz CT molecular complexity index is 1560. The summed E-state index contributed by atoms with van der Waals surface area (Å²) in [5.74, 6) is -0.718. The van der Waals surface area contributed by atoms with Gasteiger partial charge in [-0.2, -0.15) is 5.01 Å². The van der Waals surface area contributed by atoms with E-state index in [0.29, 0.717) is 18.3 Å². The maximum atomic E-state index is 12.9. The fourth-order valence-corrected chi connectivity index (χ4v) is 6.00. The molecule has 5 N–H and O–H groups in total. The Morgan fingerprint density at radius 3 is 1.55 bits per heavy atom. The Labute approximate surface area is 274 Å². The van der Waals surface area contributed by atoms with Gasteiger partial charge in [0.05, 0.1) is 12.1 Å². The first kappa shape index (κ1) is 34.6. The van der Waals surface area contributed by atoms with Crippen LogP contribution >= 0.6 is 0 Å². The third-order valence-electron chi connectivity index (χ3n) is 8.15. The summed E-state index contributed by atoms with van der Waals surface area (Å²) >= 11 is 0. The minimum absolute atomic E-state index is 0.0107. The first-order chi connectivity index (χ1) is 22.8. The number of aldehydes is 2. The number of carbonyl (C=O) groups excluding carboxylic acids is 2. The van der Waals surface area contributed by atoms with Gasteiger partial charge in [-0.15, -0.1) is 0 Å². The minimum atomic E-state index is -1.73. The number of hydrogen-bond donors (Lipinski definition) is 5. The van der Waals surface area contributed by atoms with E-state index in [1.807, 2.05) is 121 Å². The second-order valence-corrected chi connectivity index (χ2v) is 11.4.